The van der Waals surface area contributed by atoms with Gasteiger partial charge in [-0.1, -0.05) is 36.3 Å². The average molecular weight is 349 g/mol. The zero-order chi connectivity index (χ0) is 18.2. The molecule has 4 nitrogen and oxygen atoms in total. The highest BCUT2D eigenvalue weighted by atomic mass is 16.5. The number of rotatable bonds is 6. The molecule has 0 bridgehead atoms. The van der Waals surface area contributed by atoms with Crippen LogP contribution in [0.3, 0.4) is 0 Å². The van der Waals surface area contributed by atoms with E-state index in [0.717, 1.165) is 19.4 Å². The van der Waals surface area contributed by atoms with E-state index in [1.807, 2.05) is 59.5 Å². The molecule has 1 saturated heterocycles. The fourth-order valence-electron chi connectivity index (χ4n) is 3.19. The van der Waals surface area contributed by atoms with Crippen molar-refractivity contribution in [3.8, 4) is 23.8 Å². The average Bonchev–Trinajstić information content (AvgIpc) is 2.69. The number of para-hydroxylation sites is 2. The van der Waals surface area contributed by atoms with Gasteiger partial charge in [-0.2, -0.15) is 0 Å². The van der Waals surface area contributed by atoms with E-state index in [9.17, 15) is 4.79 Å². The van der Waals surface area contributed by atoms with Crippen LogP contribution in [0.2, 0.25) is 0 Å². The van der Waals surface area contributed by atoms with Crippen LogP contribution in [-0.2, 0) is 4.74 Å². The number of carbonyl (C=O) groups is 1. The van der Waals surface area contributed by atoms with Crippen LogP contribution in [-0.4, -0.2) is 37.1 Å². The summed E-state index contributed by atoms with van der Waals surface area (Å²) in [6.45, 7) is 2.35. The van der Waals surface area contributed by atoms with Gasteiger partial charge in [0.05, 0.1) is 12.2 Å². The van der Waals surface area contributed by atoms with E-state index in [-0.39, 0.29) is 5.91 Å². The lowest BCUT2D eigenvalue weighted by Crippen LogP contribution is -2.41. The number of carbonyl (C=O) groups excluding carboxylic acids is 1. The molecular formula is C22H23NO3. The summed E-state index contributed by atoms with van der Waals surface area (Å²) in [4.78, 5) is 14.9. The van der Waals surface area contributed by atoms with Crippen LogP contribution in [0.5, 0.6) is 11.5 Å². The van der Waals surface area contributed by atoms with E-state index in [1.165, 1.54) is 0 Å². The molecular weight excluding hydrogens is 326 g/mol. The minimum absolute atomic E-state index is 0.00168. The summed E-state index contributed by atoms with van der Waals surface area (Å²) in [6.07, 6.45) is 7.24. The maximum Gasteiger partial charge on any atom is 0.257 e. The van der Waals surface area contributed by atoms with Crippen molar-refractivity contribution >= 4 is 5.91 Å². The van der Waals surface area contributed by atoms with Gasteiger partial charge in [-0.3, -0.25) is 4.79 Å². The molecule has 1 atom stereocenters. The lowest BCUT2D eigenvalue weighted by atomic mass is 9.98. The molecule has 26 heavy (non-hydrogen) atoms. The Balaban J connectivity index is 1.70. The molecule has 0 saturated carbocycles. The lowest BCUT2D eigenvalue weighted by Gasteiger charge is -2.33. The normalized spacial score (nSPS) is 16.7. The van der Waals surface area contributed by atoms with Crippen molar-refractivity contribution < 1.29 is 14.3 Å². The summed E-state index contributed by atoms with van der Waals surface area (Å²) in [7, 11) is 0. The van der Waals surface area contributed by atoms with Crippen molar-refractivity contribution in [2.75, 3.05) is 26.3 Å². The molecule has 0 radical (unpaired) electrons. The standard InChI is InChI=1S/C22H23NO3/c1-2-15-25-17-18-9-8-14-23(16-18)22(24)20-12-6-7-13-21(20)26-19-10-4-3-5-11-19/h1,3-7,10-13,18H,8-9,14-17H2. The monoisotopic (exact) mass is 349 g/mol. The quantitative estimate of drug-likeness (QED) is 0.585. The first-order valence-corrected chi connectivity index (χ1v) is 8.90. The van der Waals surface area contributed by atoms with Gasteiger partial charge >= 0.3 is 0 Å². The van der Waals surface area contributed by atoms with Crippen molar-refractivity contribution in [3.63, 3.8) is 0 Å². The fraction of sp³-hybridized carbons (Fsp3) is 0.318. The Morgan fingerprint density at radius 1 is 1.15 bits per heavy atom. The van der Waals surface area contributed by atoms with Crippen molar-refractivity contribution in [1.82, 2.24) is 4.90 Å². The van der Waals surface area contributed by atoms with Crippen LogP contribution < -0.4 is 4.74 Å². The van der Waals surface area contributed by atoms with E-state index in [1.54, 1.807) is 0 Å². The molecule has 3 rings (SSSR count). The second-order valence-corrected chi connectivity index (χ2v) is 6.39. The van der Waals surface area contributed by atoms with Crippen LogP contribution in [0, 0.1) is 18.3 Å². The predicted molar refractivity (Wildman–Crippen MR) is 101 cm³/mol. The Kier molecular flexibility index (Phi) is 6.29. The summed E-state index contributed by atoms with van der Waals surface area (Å²) < 4.78 is 11.4. The number of piperidine rings is 1. The summed E-state index contributed by atoms with van der Waals surface area (Å²) in [5, 5.41) is 0. The molecule has 0 aliphatic carbocycles. The Morgan fingerprint density at radius 3 is 2.73 bits per heavy atom. The number of likely N-dealkylation sites (tertiary alicyclic amines) is 1. The highest BCUT2D eigenvalue weighted by Crippen LogP contribution is 2.27. The molecule has 134 valence electrons. The predicted octanol–water partition coefficient (Wildman–Crippen LogP) is 3.98. The van der Waals surface area contributed by atoms with Gasteiger partial charge in [0.2, 0.25) is 0 Å². The van der Waals surface area contributed by atoms with Gasteiger partial charge < -0.3 is 14.4 Å². The third-order valence-electron chi connectivity index (χ3n) is 4.43. The topological polar surface area (TPSA) is 38.8 Å². The Morgan fingerprint density at radius 2 is 1.92 bits per heavy atom. The number of hydrogen-bond acceptors (Lipinski definition) is 3. The maximum atomic E-state index is 13.1. The van der Waals surface area contributed by atoms with Crippen molar-refractivity contribution in [1.29, 1.82) is 0 Å². The Labute approximate surface area is 154 Å². The van der Waals surface area contributed by atoms with Crippen LogP contribution in [0.25, 0.3) is 0 Å². The first-order chi connectivity index (χ1) is 12.8. The summed E-state index contributed by atoms with van der Waals surface area (Å²) in [5.74, 6) is 4.09. The third kappa shape index (κ3) is 4.65. The molecule has 0 spiro atoms. The van der Waals surface area contributed by atoms with Crippen LogP contribution in [0.4, 0.5) is 0 Å². The van der Waals surface area contributed by atoms with Gasteiger partial charge in [0, 0.05) is 19.0 Å². The number of nitrogens with zero attached hydrogens (tertiary/aromatic N) is 1. The van der Waals surface area contributed by atoms with Crippen LogP contribution in [0.1, 0.15) is 23.2 Å². The molecule has 0 aromatic heterocycles. The fourth-order valence-corrected chi connectivity index (χ4v) is 3.19. The molecule has 1 amide bonds. The zero-order valence-corrected chi connectivity index (χ0v) is 14.8. The zero-order valence-electron chi connectivity index (χ0n) is 14.8. The van der Waals surface area contributed by atoms with Crippen LogP contribution in [0.15, 0.2) is 54.6 Å². The maximum absolute atomic E-state index is 13.1. The Hall–Kier alpha value is -2.77. The molecule has 0 N–H and O–H groups in total. The number of hydrogen-bond donors (Lipinski definition) is 0. The van der Waals surface area contributed by atoms with Gasteiger partial charge in [0.25, 0.3) is 5.91 Å². The van der Waals surface area contributed by atoms with E-state index >= 15 is 0 Å². The van der Waals surface area contributed by atoms with E-state index in [4.69, 9.17) is 15.9 Å². The number of benzene rings is 2. The SMILES string of the molecule is C#CCOCC1CCCN(C(=O)c2ccccc2Oc2ccccc2)C1. The molecule has 1 aliphatic rings. The minimum Gasteiger partial charge on any atom is -0.457 e. The van der Waals surface area contributed by atoms with E-state index in [0.29, 0.717) is 42.7 Å². The number of amides is 1. The lowest BCUT2D eigenvalue weighted by molar-refractivity contribution is 0.0532. The molecule has 1 aliphatic heterocycles. The highest BCUT2D eigenvalue weighted by Gasteiger charge is 2.26. The number of terminal acetylenes is 1. The van der Waals surface area contributed by atoms with Gasteiger partial charge in [-0.05, 0) is 37.1 Å². The third-order valence-corrected chi connectivity index (χ3v) is 4.43. The molecule has 1 unspecified atom stereocenters. The molecule has 4 heteroatoms. The van der Waals surface area contributed by atoms with Crippen LogP contribution >= 0.6 is 0 Å². The van der Waals surface area contributed by atoms with Gasteiger partial charge in [-0.15, -0.1) is 6.42 Å². The molecule has 2 aromatic carbocycles. The van der Waals surface area contributed by atoms with E-state index in [2.05, 4.69) is 5.92 Å². The van der Waals surface area contributed by atoms with Gasteiger partial charge in [0.15, 0.2) is 0 Å². The Bertz CT molecular complexity index is 766. The first kappa shape index (κ1) is 18.0. The molecule has 1 fully saturated rings. The van der Waals surface area contributed by atoms with Crippen molar-refractivity contribution in [2.24, 2.45) is 5.92 Å². The molecule has 2 aromatic rings. The highest BCUT2D eigenvalue weighted by molar-refractivity contribution is 5.97. The van der Waals surface area contributed by atoms with Gasteiger partial charge in [-0.25, -0.2) is 0 Å². The molecule has 1 heterocycles. The van der Waals surface area contributed by atoms with Crippen molar-refractivity contribution in [3.05, 3.63) is 60.2 Å². The number of ether oxygens (including phenoxy) is 2. The van der Waals surface area contributed by atoms with E-state index < -0.39 is 0 Å². The van der Waals surface area contributed by atoms with Gasteiger partial charge in [0.1, 0.15) is 18.1 Å². The first-order valence-electron chi connectivity index (χ1n) is 8.90. The largest absolute Gasteiger partial charge is 0.457 e. The summed E-state index contributed by atoms with van der Waals surface area (Å²) in [5.41, 5.74) is 0.585. The minimum atomic E-state index is -0.00168. The second kappa shape index (κ2) is 9.07. The smallest absolute Gasteiger partial charge is 0.257 e. The van der Waals surface area contributed by atoms with Crippen molar-refractivity contribution in [2.45, 2.75) is 12.8 Å². The summed E-state index contributed by atoms with van der Waals surface area (Å²) >= 11 is 0. The summed E-state index contributed by atoms with van der Waals surface area (Å²) in [6, 6.07) is 16.9. The second-order valence-electron chi connectivity index (χ2n) is 6.39.